The lowest BCUT2D eigenvalue weighted by molar-refractivity contribution is -0.274. The minimum atomic E-state index is -4.88. The monoisotopic (exact) mass is 471 g/mol. The first kappa shape index (κ1) is 23.1. The summed E-state index contributed by atoms with van der Waals surface area (Å²) in [6.45, 7) is 0.695. The Morgan fingerprint density at radius 3 is 2.47 bits per heavy atom. The molecule has 1 fully saturated rings. The van der Waals surface area contributed by atoms with Crippen molar-refractivity contribution in [2.24, 2.45) is 0 Å². The molecule has 2 N–H and O–H groups in total. The quantitative estimate of drug-likeness (QED) is 0.535. The molecule has 3 aromatic carbocycles. The molecule has 4 rings (SSSR count). The van der Waals surface area contributed by atoms with E-state index in [1.165, 1.54) is 18.2 Å². The fourth-order valence-electron chi connectivity index (χ4n) is 3.95. The van der Waals surface area contributed by atoms with E-state index in [-0.39, 0.29) is 12.1 Å². The van der Waals surface area contributed by atoms with Crippen molar-refractivity contribution < 1.29 is 32.3 Å². The number of carbonyl (C=O) groups is 3. The number of ether oxygens (including phenoxy) is 1. The van der Waals surface area contributed by atoms with Crippen LogP contribution in [0.5, 0.6) is 5.75 Å². The molecule has 176 valence electrons. The maximum absolute atomic E-state index is 13.2. The number of alkyl halides is 3. The summed E-state index contributed by atoms with van der Waals surface area (Å²) in [5.41, 5.74) is -0.707. The van der Waals surface area contributed by atoms with Crippen LogP contribution < -0.4 is 15.4 Å². The zero-order valence-corrected chi connectivity index (χ0v) is 18.0. The van der Waals surface area contributed by atoms with E-state index in [0.29, 0.717) is 5.56 Å². The van der Waals surface area contributed by atoms with Crippen molar-refractivity contribution in [3.8, 4) is 5.75 Å². The smallest absolute Gasteiger partial charge is 0.405 e. The van der Waals surface area contributed by atoms with E-state index in [4.69, 9.17) is 0 Å². The van der Waals surface area contributed by atoms with Crippen molar-refractivity contribution >= 4 is 28.6 Å². The second-order valence-corrected chi connectivity index (χ2v) is 7.91. The van der Waals surface area contributed by atoms with Crippen LogP contribution in [0.25, 0.3) is 10.8 Å². The second kappa shape index (κ2) is 8.69. The molecule has 7 nitrogen and oxygen atoms in total. The van der Waals surface area contributed by atoms with Crippen LogP contribution in [0.4, 0.5) is 18.0 Å². The van der Waals surface area contributed by atoms with Crippen LogP contribution >= 0.6 is 0 Å². The van der Waals surface area contributed by atoms with Gasteiger partial charge in [0.15, 0.2) is 0 Å². The molecule has 10 heteroatoms. The largest absolute Gasteiger partial charge is 0.573 e. The highest BCUT2D eigenvalue weighted by atomic mass is 19.4. The lowest BCUT2D eigenvalue weighted by atomic mass is 9.88. The topological polar surface area (TPSA) is 87.7 Å². The van der Waals surface area contributed by atoms with E-state index in [9.17, 15) is 27.6 Å². The number of urea groups is 1. The van der Waals surface area contributed by atoms with Crippen molar-refractivity contribution in [1.82, 2.24) is 15.5 Å². The number of nitrogens with zero attached hydrogens (tertiary/aromatic N) is 1. The van der Waals surface area contributed by atoms with E-state index in [2.05, 4.69) is 15.4 Å². The third-order valence-corrected chi connectivity index (χ3v) is 5.58. The van der Waals surface area contributed by atoms with Gasteiger partial charge in [0.25, 0.3) is 5.91 Å². The van der Waals surface area contributed by atoms with Gasteiger partial charge in [-0.2, -0.15) is 0 Å². The predicted octanol–water partition coefficient (Wildman–Crippen LogP) is 3.82. The summed E-state index contributed by atoms with van der Waals surface area (Å²) in [7, 11) is 0. The number of benzene rings is 3. The zero-order valence-electron chi connectivity index (χ0n) is 18.0. The number of para-hydroxylation sites is 1. The first-order valence-electron chi connectivity index (χ1n) is 10.3. The lowest BCUT2D eigenvalue weighted by Crippen LogP contribution is -2.43. The van der Waals surface area contributed by atoms with Gasteiger partial charge in [0.05, 0.1) is 0 Å². The molecule has 1 atom stereocenters. The van der Waals surface area contributed by atoms with Crippen LogP contribution in [0.3, 0.4) is 0 Å². The Morgan fingerprint density at radius 1 is 1.03 bits per heavy atom. The standard InChI is InChI=1S/C24H20F3N3O4/c1-23(18-11-6-9-15-7-2-4-10-17(15)18)21(32)30(22(33)29-23)14-20(31)28-13-16-8-3-5-12-19(16)34-24(25,26)27/h2-12H,13-14H2,1H3,(H,28,31)(H,29,33). The Kier molecular flexibility index (Phi) is 5.90. The Hall–Kier alpha value is -4.08. The van der Waals surface area contributed by atoms with Crippen LogP contribution in [0.15, 0.2) is 66.7 Å². The molecule has 0 spiro atoms. The van der Waals surface area contributed by atoms with Crippen molar-refractivity contribution in [3.63, 3.8) is 0 Å². The normalized spacial score (nSPS) is 18.2. The van der Waals surface area contributed by atoms with Gasteiger partial charge in [-0.15, -0.1) is 13.2 Å². The summed E-state index contributed by atoms with van der Waals surface area (Å²) in [6, 6.07) is 17.4. The molecule has 0 bridgehead atoms. The molecule has 0 aliphatic carbocycles. The molecule has 0 aromatic heterocycles. The van der Waals surface area contributed by atoms with Crippen molar-refractivity contribution in [3.05, 3.63) is 77.9 Å². The average molecular weight is 471 g/mol. The Labute approximate surface area is 192 Å². The van der Waals surface area contributed by atoms with Crippen molar-refractivity contribution in [2.45, 2.75) is 25.4 Å². The molecule has 1 saturated heterocycles. The summed E-state index contributed by atoms with van der Waals surface area (Å²) in [6.07, 6.45) is -4.88. The van der Waals surface area contributed by atoms with E-state index in [1.807, 2.05) is 30.3 Å². The molecule has 3 aromatic rings. The van der Waals surface area contributed by atoms with Crippen LogP contribution in [-0.4, -0.2) is 35.7 Å². The third kappa shape index (κ3) is 4.52. The first-order valence-corrected chi connectivity index (χ1v) is 10.3. The van der Waals surface area contributed by atoms with Gasteiger partial charge in [-0.1, -0.05) is 60.7 Å². The molecule has 1 aliphatic heterocycles. The van der Waals surface area contributed by atoms with E-state index < -0.39 is 42.0 Å². The van der Waals surface area contributed by atoms with E-state index in [0.717, 1.165) is 21.7 Å². The molecule has 34 heavy (non-hydrogen) atoms. The van der Waals surface area contributed by atoms with Crippen LogP contribution in [0.2, 0.25) is 0 Å². The summed E-state index contributed by atoms with van der Waals surface area (Å²) in [4.78, 5) is 39.1. The number of amides is 4. The predicted molar refractivity (Wildman–Crippen MR) is 117 cm³/mol. The summed E-state index contributed by atoms with van der Waals surface area (Å²) in [5, 5.41) is 6.77. The highest BCUT2D eigenvalue weighted by molar-refractivity contribution is 6.10. The molecule has 4 amide bonds. The summed E-state index contributed by atoms with van der Waals surface area (Å²) < 4.78 is 41.7. The summed E-state index contributed by atoms with van der Waals surface area (Å²) in [5.74, 6) is -1.77. The van der Waals surface area contributed by atoms with Crippen LogP contribution in [0, 0.1) is 0 Å². The van der Waals surface area contributed by atoms with Gasteiger partial charge >= 0.3 is 12.4 Å². The molecule has 0 radical (unpaired) electrons. The van der Waals surface area contributed by atoms with Gasteiger partial charge in [0.1, 0.15) is 17.8 Å². The third-order valence-electron chi connectivity index (χ3n) is 5.58. The number of hydrogen-bond donors (Lipinski definition) is 2. The number of hydrogen-bond acceptors (Lipinski definition) is 4. The molecule has 0 saturated carbocycles. The minimum absolute atomic E-state index is 0.0889. The van der Waals surface area contributed by atoms with Crippen molar-refractivity contribution in [1.29, 1.82) is 0 Å². The number of nitrogens with one attached hydrogen (secondary N) is 2. The highest BCUT2D eigenvalue weighted by Crippen LogP contribution is 2.33. The number of imide groups is 1. The zero-order chi connectivity index (χ0) is 24.5. The molecule has 1 unspecified atom stereocenters. The maximum Gasteiger partial charge on any atom is 0.573 e. The van der Waals surface area contributed by atoms with Gasteiger partial charge in [0.2, 0.25) is 5.91 Å². The SMILES string of the molecule is CC1(c2cccc3ccccc23)NC(=O)N(CC(=O)NCc2ccccc2OC(F)(F)F)C1=O. The van der Waals surface area contributed by atoms with Gasteiger partial charge in [-0.25, -0.2) is 4.79 Å². The Morgan fingerprint density at radius 2 is 1.71 bits per heavy atom. The van der Waals surface area contributed by atoms with E-state index >= 15 is 0 Å². The number of halogens is 3. The number of fused-ring (bicyclic) bond motifs is 1. The average Bonchev–Trinajstić information content (AvgIpc) is 3.01. The first-order chi connectivity index (χ1) is 16.1. The fraction of sp³-hybridized carbons (Fsp3) is 0.208. The van der Waals surface area contributed by atoms with Crippen molar-refractivity contribution in [2.75, 3.05) is 6.54 Å². The molecular formula is C24H20F3N3O4. The lowest BCUT2D eigenvalue weighted by Gasteiger charge is -2.24. The fourth-order valence-corrected chi connectivity index (χ4v) is 3.95. The number of carbonyl (C=O) groups excluding carboxylic acids is 3. The van der Waals surface area contributed by atoms with Gasteiger partial charge in [0, 0.05) is 12.1 Å². The Bertz CT molecular complexity index is 1270. The molecule has 1 aliphatic rings. The summed E-state index contributed by atoms with van der Waals surface area (Å²) >= 11 is 0. The van der Waals surface area contributed by atoms with Gasteiger partial charge < -0.3 is 15.4 Å². The molecule has 1 heterocycles. The minimum Gasteiger partial charge on any atom is -0.405 e. The Balaban J connectivity index is 1.48. The highest BCUT2D eigenvalue weighted by Gasteiger charge is 2.50. The maximum atomic E-state index is 13.2. The van der Waals surface area contributed by atoms with Crippen LogP contribution in [0.1, 0.15) is 18.1 Å². The van der Waals surface area contributed by atoms with Gasteiger partial charge in [-0.3, -0.25) is 14.5 Å². The number of rotatable bonds is 6. The van der Waals surface area contributed by atoms with Crippen LogP contribution in [-0.2, 0) is 21.7 Å². The van der Waals surface area contributed by atoms with E-state index in [1.54, 1.807) is 19.1 Å². The van der Waals surface area contributed by atoms with Gasteiger partial charge in [-0.05, 0) is 29.3 Å². The molecular weight excluding hydrogens is 451 g/mol. The second-order valence-electron chi connectivity index (χ2n) is 7.91.